The molecule has 1 atom stereocenters. The lowest BCUT2D eigenvalue weighted by molar-refractivity contribution is -0.167. The number of hydrogen-bond donors (Lipinski definition) is 0. The summed E-state index contributed by atoms with van der Waals surface area (Å²) >= 11 is 0. The van der Waals surface area contributed by atoms with Crippen LogP contribution in [0.3, 0.4) is 0 Å². The van der Waals surface area contributed by atoms with Crippen LogP contribution in [0.5, 0.6) is 0 Å². The molecule has 0 saturated carbocycles. The van der Waals surface area contributed by atoms with E-state index in [1.54, 1.807) is 0 Å². The fourth-order valence-electron chi connectivity index (χ4n) is 7.59. The second-order valence-corrected chi connectivity index (χ2v) is 17.8. The van der Waals surface area contributed by atoms with Gasteiger partial charge >= 0.3 is 17.9 Å². The maximum atomic E-state index is 12.8. The van der Waals surface area contributed by atoms with E-state index in [1.807, 2.05) is 0 Å². The van der Waals surface area contributed by atoms with E-state index in [0.29, 0.717) is 19.3 Å². The smallest absolute Gasteiger partial charge is 0.306 e. The monoisotopic (exact) mass is 857 g/mol. The molecule has 0 fully saturated rings. The van der Waals surface area contributed by atoms with Crippen molar-refractivity contribution in [2.24, 2.45) is 0 Å². The third-order valence-electron chi connectivity index (χ3n) is 11.6. The zero-order chi connectivity index (χ0) is 44.4. The van der Waals surface area contributed by atoms with Crippen LogP contribution in [0, 0.1) is 0 Å². The van der Waals surface area contributed by atoms with Gasteiger partial charge in [0.2, 0.25) is 0 Å². The highest BCUT2D eigenvalue weighted by molar-refractivity contribution is 5.71. The Morgan fingerprint density at radius 1 is 0.328 bits per heavy atom. The van der Waals surface area contributed by atoms with Gasteiger partial charge in [-0.05, 0) is 77.0 Å². The van der Waals surface area contributed by atoms with E-state index in [0.717, 1.165) is 77.0 Å². The van der Waals surface area contributed by atoms with Crippen LogP contribution in [-0.2, 0) is 28.6 Å². The van der Waals surface area contributed by atoms with Crippen LogP contribution in [0.4, 0.5) is 0 Å². The first-order valence-electron chi connectivity index (χ1n) is 26.5. The maximum absolute atomic E-state index is 12.8. The molecule has 0 N–H and O–H groups in total. The van der Waals surface area contributed by atoms with Crippen molar-refractivity contribution in [2.45, 2.75) is 284 Å². The SMILES string of the molecule is CCCCC/C=C\C/C=C\CCCCCCCCCC(=O)OC[C@@H](COC(=O)CCCCCCCCCCCCCCC)OC(=O)CCCCCCC/C=C\CCCCCC. The van der Waals surface area contributed by atoms with Gasteiger partial charge in [0.05, 0.1) is 0 Å². The highest BCUT2D eigenvalue weighted by Crippen LogP contribution is 2.15. The van der Waals surface area contributed by atoms with E-state index in [2.05, 4.69) is 57.2 Å². The van der Waals surface area contributed by atoms with Gasteiger partial charge in [-0.3, -0.25) is 14.4 Å². The number of unbranched alkanes of at least 4 members (excludes halogenated alkanes) is 31. The molecule has 6 nitrogen and oxygen atoms in total. The fraction of sp³-hybridized carbons (Fsp3) is 0.836. The molecule has 0 aliphatic rings. The van der Waals surface area contributed by atoms with Crippen molar-refractivity contribution >= 4 is 17.9 Å². The summed E-state index contributed by atoms with van der Waals surface area (Å²) in [6.45, 7) is 6.60. The van der Waals surface area contributed by atoms with Crippen molar-refractivity contribution in [1.29, 1.82) is 0 Å². The van der Waals surface area contributed by atoms with Crippen LogP contribution in [0.25, 0.3) is 0 Å². The highest BCUT2D eigenvalue weighted by atomic mass is 16.6. The molecule has 0 heterocycles. The summed E-state index contributed by atoms with van der Waals surface area (Å²) in [5.74, 6) is -0.881. The van der Waals surface area contributed by atoms with Gasteiger partial charge < -0.3 is 14.2 Å². The normalized spacial score (nSPS) is 12.2. The van der Waals surface area contributed by atoms with Crippen LogP contribution in [0.15, 0.2) is 36.5 Å². The second-order valence-electron chi connectivity index (χ2n) is 17.8. The number of rotatable bonds is 48. The van der Waals surface area contributed by atoms with Gasteiger partial charge in [0.15, 0.2) is 6.10 Å². The third-order valence-corrected chi connectivity index (χ3v) is 11.6. The average Bonchev–Trinajstić information content (AvgIpc) is 3.26. The van der Waals surface area contributed by atoms with Gasteiger partial charge in [-0.25, -0.2) is 0 Å². The zero-order valence-corrected chi connectivity index (χ0v) is 40.7. The van der Waals surface area contributed by atoms with Crippen LogP contribution < -0.4 is 0 Å². The van der Waals surface area contributed by atoms with Gasteiger partial charge in [0.25, 0.3) is 0 Å². The molecule has 61 heavy (non-hydrogen) atoms. The second kappa shape index (κ2) is 50.3. The van der Waals surface area contributed by atoms with E-state index < -0.39 is 6.10 Å². The van der Waals surface area contributed by atoms with Gasteiger partial charge in [0, 0.05) is 19.3 Å². The van der Waals surface area contributed by atoms with Gasteiger partial charge in [0.1, 0.15) is 13.2 Å². The molecule has 0 aliphatic carbocycles. The molecule has 356 valence electrons. The Bertz CT molecular complexity index is 1030. The quantitative estimate of drug-likeness (QED) is 0.0262. The molecule has 0 aliphatic heterocycles. The van der Waals surface area contributed by atoms with Crippen LogP contribution >= 0.6 is 0 Å². The zero-order valence-electron chi connectivity index (χ0n) is 40.7. The van der Waals surface area contributed by atoms with Crippen LogP contribution in [0.2, 0.25) is 0 Å². The number of hydrogen-bond acceptors (Lipinski definition) is 6. The number of esters is 3. The van der Waals surface area contributed by atoms with Crippen LogP contribution in [0.1, 0.15) is 278 Å². The molecular formula is C55H100O6. The predicted octanol–water partition coefficient (Wildman–Crippen LogP) is 17.3. The van der Waals surface area contributed by atoms with Crippen molar-refractivity contribution in [1.82, 2.24) is 0 Å². The number of allylic oxidation sites excluding steroid dienone is 6. The summed E-state index contributed by atoms with van der Waals surface area (Å²) in [4.78, 5) is 38.0. The minimum absolute atomic E-state index is 0.0750. The first-order chi connectivity index (χ1) is 30.0. The van der Waals surface area contributed by atoms with Gasteiger partial charge in [-0.15, -0.1) is 0 Å². The van der Waals surface area contributed by atoms with Crippen molar-refractivity contribution in [3.63, 3.8) is 0 Å². The molecule has 0 amide bonds. The largest absolute Gasteiger partial charge is 0.462 e. The number of carbonyl (C=O) groups is 3. The van der Waals surface area contributed by atoms with E-state index in [4.69, 9.17) is 14.2 Å². The van der Waals surface area contributed by atoms with Gasteiger partial charge in [-0.2, -0.15) is 0 Å². The molecule has 0 rings (SSSR count). The number of carbonyl (C=O) groups excluding carboxylic acids is 3. The minimum atomic E-state index is -0.775. The molecule has 0 aromatic carbocycles. The minimum Gasteiger partial charge on any atom is -0.462 e. The summed E-state index contributed by atoms with van der Waals surface area (Å²) < 4.78 is 16.8. The lowest BCUT2D eigenvalue weighted by Gasteiger charge is -2.18. The summed E-state index contributed by atoms with van der Waals surface area (Å²) in [6.07, 6.45) is 58.3. The maximum Gasteiger partial charge on any atom is 0.306 e. The Morgan fingerprint density at radius 3 is 0.967 bits per heavy atom. The molecule has 0 aromatic rings. The standard InChI is InChI=1S/C55H100O6/c1-4-7-10-13-16-19-22-25-26-27-28-31-33-36-39-42-45-48-54(57)60-51-52(61-55(58)49-46-43-40-37-34-30-24-21-18-15-12-9-6-3)50-59-53(56)47-44-41-38-35-32-29-23-20-17-14-11-8-5-2/h16,19,21,24-26,52H,4-15,17-18,20,22-23,27-51H2,1-3H3/b19-16-,24-21-,26-25-/t52-/m1/s1. The molecular weight excluding hydrogens is 757 g/mol. The third kappa shape index (κ3) is 48.5. The van der Waals surface area contributed by atoms with Crippen molar-refractivity contribution in [2.75, 3.05) is 13.2 Å². The molecule has 0 bridgehead atoms. The van der Waals surface area contributed by atoms with Gasteiger partial charge in [-0.1, -0.05) is 218 Å². The van der Waals surface area contributed by atoms with Crippen LogP contribution in [-0.4, -0.2) is 37.2 Å². The fourth-order valence-corrected chi connectivity index (χ4v) is 7.59. The molecule has 0 saturated heterocycles. The molecule has 6 heteroatoms. The summed E-state index contributed by atoms with van der Waals surface area (Å²) in [5, 5.41) is 0. The average molecular weight is 857 g/mol. The Balaban J connectivity index is 4.36. The molecule has 0 radical (unpaired) electrons. The summed E-state index contributed by atoms with van der Waals surface area (Å²) in [6, 6.07) is 0. The first-order valence-corrected chi connectivity index (χ1v) is 26.5. The highest BCUT2D eigenvalue weighted by Gasteiger charge is 2.19. The Kier molecular flexibility index (Phi) is 48.3. The number of ether oxygens (including phenoxy) is 3. The predicted molar refractivity (Wildman–Crippen MR) is 261 cm³/mol. The van der Waals surface area contributed by atoms with Crippen molar-refractivity contribution in [3.8, 4) is 0 Å². The molecule has 0 unspecified atom stereocenters. The first kappa shape index (κ1) is 58.6. The topological polar surface area (TPSA) is 78.9 Å². The Morgan fingerprint density at radius 2 is 0.590 bits per heavy atom. The van der Waals surface area contributed by atoms with E-state index >= 15 is 0 Å². The van der Waals surface area contributed by atoms with E-state index in [-0.39, 0.29) is 31.1 Å². The van der Waals surface area contributed by atoms with Crippen molar-refractivity contribution in [3.05, 3.63) is 36.5 Å². The molecule has 0 spiro atoms. The Hall–Kier alpha value is -2.37. The summed E-state index contributed by atoms with van der Waals surface area (Å²) in [5.41, 5.74) is 0. The van der Waals surface area contributed by atoms with Crippen molar-refractivity contribution < 1.29 is 28.6 Å². The summed E-state index contributed by atoms with van der Waals surface area (Å²) in [7, 11) is 0. The van der Waals surface area contributed by atoms with E-state index in [1.165, 1.54) is 161 Å². The molecule has 0 aromatic heterocycles. The Labute approximate surface area is 378 Å². The lowest BCUT2D eigenvalue weighted by Crippen LogP contribution is -2.30. The lowest BCUT2D eigenvalue weighted by atomic mass is 10.0. The van der Waals surface area contributed by atoms with E-state index in [9.17, 15) is 14.4 Å².